The lowest BCUT2D eigenvalue weighted by atomic mass is 10.0. The van der Waals surface area contributed by atoms with E-state index in [1.807, 2.05) is 0 Å². The Hall–Kier alpha value is -3.19. The van der Waals surface area contributed by atoms with Gasteiger partial charge in [0.05, 0.1) is 28.3 Å². The van der Waals surface area contributed by atoms with Crippen molar-refractivity contribution in [3.63, 3.8) is 0 Å². The van der Waals surface area contributed by atoms with Gasteiger partial charge in [-0.3, -0.25) is 14.3 Å². The molecule has 180 valence electrons. The van der Waals surface area contributed by atoms with Gasteiger partial charge in [0.1, 0.15) is 17.6 Å². The largest absolute Gasteiger partial charge is 0.432 e. The van der Waals surface area contributed by atoms with E-state index in [1.165, 1.54) is 6.07 Å². The Kier molecular flexibility index (Phi) is 6.56. The second-order valence-electron chi connectivity index (χ2n) is 7.05. The molecule has 10 nitrogen and oxygen atoms in total. The van der Waals surface area contributed by atoms with Gasteiger partial charge < -0.3 is 0 Å². The average Bonchev–Trinajstić information content (AvgIpc) is 2.63. The van der Waals surface area contributed by atoms with Crippen LogP contribution in [0.2, 0.25) is 0 Å². The predicted molar refractivity (Wildman–Crippen MR) is 109 cm³/mol. The molecule has 2 aromatic rings. The van der Waals surface area contributed by atoms with Gasteiger partial charge in [-0.2, -0.15) is 22.1 Å². The van der Waals surface area contributed by atoms with Crippen LogP contribution in [0.4, 0.5) is 23.2 Å². The number of aromatic amines is 1. The number of sulfonamides is 2. The van der Waals surface area contributed by atoms with Gasteiger partial charge in [-0.15, -0.1) is 0 Å². The van der Waals surface area contributed by atoms with Crippen LogP contribution in [0.15, 0.2) is 21.7 Å². The van der Waals surface area contributed by atoms with Crippen molar-refractivity contribution < 1.29 is 34.4 Å². The molecule has 0 radical (unpaired) electrons. The highest BCUT2D eigenvalue weighted by Crippen LogP contribution is 2.38. The number of benzene rings is 1. The Balaban J connectivity index is 3.16. The predicted octanol–water partition coefficient (Wildman–Crippen LogP) is 1.27. The highest BCUT2D eigenvalue weighted by atomic mass is 32.3. The monoisotopic (exact) mass is 512 g/mol. The van der Waals surface area contributed by atoms with Crippen LogP contribution in [-0.2, 0) is 33.3 Å². The third-order valence-corrected chi connectivity index (χ3v) is 8.48. The molecule has 1 aromatic carbocycles. The molecule has 1 aromatic heterocycles. The Morgan fingerprint density at radius 3 is 2.12 bits per heavy atom. The van der Waals surface area contributed by atoms with Gasteiger partial charge in [0.25, 0.3) is 15.6 Å². The maximum absolute atomic E-state index is 14.8. The third-order valence-electron chi connectivity index (χ3n) is 4.39. The summed E-state index contributed by atoms with van der Waals surface area (Å²) in [6.45, 7) is 2.20. The van der Waals surface area contributed by atoms with E-state index in [2.05, 4.69) is 0 Å². The Morgan fingerprint density at radius 2 is 1.70 bits per heavy atom. The number of nitrogens with one attached hydrogen (secondary N) is 1. The molecule has 0 aliphatic carbocycles. The SMILES string of the molecule is CC(C)S(=O)(=O)N(c1cc(-c2c(C(F)(F)F)n(C)c(=O)[nH]c2=O)c(F)cc1C#N)S(C)(=O)=O. The number of halogens is 4. The highest BCUT2D eigenvalue weighted by Gasteiger charge is 2.41. The van der Waals surface area contributed by atoms with Crippen molar-refractivity contribution in [2.45, 2.75) is 25.3 Å². The molecule has 0 bridgehead atoms. The lowest BCUT2D eigenvalue weighted by Gasteiger charge is -2.25. The molecule has 0 unspecified atom stereocenters. The topological polar surface area (TPSA) is 150 Å². The fourth-order valence-corrected chi connectivity index (χ4v) is 6.23. The van der Waals surface area contributed by atoms with Crippen molar-refractivity contribution in [1.82, 2.24) is 9.55 Å². The number of nitrogens with zero attached hydrogens (tertiary/aromatic N) is 3. The number of rotatable bonds is 5. The van der Waals surface area contributed by atoms with Crippen LogP contribution < -0.4 is 15.0 Å². The van der Waals surface area contributed by atoms with E-state index < -0.39 is 76.6 Å². The summed E-state index contributed by atoms with van der Waals surface area (Å²) >= 11 is 0. The normalized spacial score (nSPS) is 12.6. The lowest BCUT2D eigenvalue weighted by molar-refractivity contribution is -0.143. The molecule has 16 heteroatoms. The molecule has 0 amide bonds. The maximum Gasteiger partial charge on any atom is 0.432 e. The van der Waals surface area contributed by atoms with Crippen LogP contribution in [0.1, 0.15) is 25.1 Å². The molecule has 1 heterocycles. The maximum atomic E-state index is 14.8. The summed E-state index contributed by atoms with van der Waals surface area (Å²) in [4.78, 5) is 25.6. The quantitative estimate of drug-likeness (QED) is 0.593. The minimum Gasteiger partial charge on any atom is -0.292 e. The second kappa shape index (κ2) is 8.30. The fourth-order valence-electron chi connectivity index (χ4n) is 2.89. The first-order valence-corrected chi connectivity index (χ1v) is 12.1. The number of hydrogen-bond donors (Lipinski definition) is 1. The van der Waals surface area contributed by atoms with Gasteiger partial charge in [-0.05, 0) is 26.0 Å². The molecule has 0 aliphatic heterocycles. The number of nitriles is 1. The molecule has 0 saturated heterocycles. The van der Waals surface area contributed by atoms with E-state index in [0.29, 0.717) is 25.4 Å². The number of hydrogen-bond acceptors (Lipinski definition) is 7. The number of alkyl halides is 3. The van der Waals surface area contributed by atoms with Gasteiger partial charge in [-0.1, -0.05) is 0 Å². The smallest absolute Gasteiger partial charge is 0.292 e. The molecular formula is C17H16F4N4O6S2. The van der Waals surface area contributed by atoms with Crippen LogP contribution >= 0.6 is 0 Å². The highest BCUT2D eigenvalue weighted by molar-refractivity contribution is 8.10. The summed E-state index contributed by atoms with van der Waals surface area (Å²) in [7, 11) is -8.82. The van der Waals surface area contributed by atoms with E-state index in [9.17, 15) is 49.2 Å². The zero-order valence-electron chi connectivity index (χ0n) is 17.4. The molecule has 0 atom stereocenters. The first-order valence-electron chi connectivity index (χ1n) is 8.74. The molecule has 2 rings (SSSR count). The van der Waals surface area contributed by atoms with Gasteiger partial charge in [0.15, 0.2) is 0 Å². The summed E-state index contributed by atoms with van der Waals surface area (Å²) in [5.74, 6) is -1.57. The van der Waals surface area contributed by atoms with Gasteiger partial charge in [0, 0.05) is 12.6 Å². The van der Waals surface area contributed by atoms with E-state index >= 15 is 0 Å². The van der Waals surface area contributed by atoms with E-state index in [-0.39, 0.29) is 8.28 Å². The average molecular weight is 512 g/mol. The van der Waals surface area contributed by atoms with Crippen LogP contribution in [0, 0.1) is 17.1 Å². The number of anilines is 1. The molecule has 1 N–H and O–H groups in total. The van der Waals surface area contributed by atoms with Crippen LogP contribution in [0.25, 0.3) is 11.1 Å². The van der Waals surface area contributed by atoms with Crippen LogP contribution in [-0.4, -0.2) is 37.9 Å². The van der Waals surface area contributed by atoms with Crippen molar-refractivity contribution >= 4 is 25.7 Å². The number of aromatic nitrogens is 2. The Morgan fingerprint density at radius 1 is 1.15 bits per heavy atom. The van der Waals surface area contributed by atoms with E-state index in [4.69, 9.17) is 0 Å². The van der Waals surface area contributed by atoms with Crippen LogP contribution in [0.5, 0.6) is 0 Å². The fraction of sp³-hybridized carbons (Fsp3) is 0.353. The summed E-state index contributed by atoms with van der Waals surface area (Å²) < 4.78 is 106. The first-order chi connectivity index (χ1) is 14.9. The van der Waals surface area contributed by atoms with Gasteiger partial charge in [-0.25, -0.2) is 26.0 Å². The van der Waals surface area contributed by atoms with E-state index in [0.717, 1.165) is 13.8 Å². The molecule has 0 aliphatic rings. The standard InChI is InChI=1S/C17H16F4N4O6S2/c1-8(2)33(30,31)25(32(4,28)29)12-6-10(11(18)5-9(12)7-22)13-14(17(19,20)21)24(3)16(27)23-15(13)26/h5-6,8H,1-4H3,(H,23,26,27). The molecule has 0 saturated carbocycles. The summed E-state index contributed by atoms with van der Waals surface area (Å²) in [6.07, 6.45) is -4.89. The molecular weight excluding hydrogens is 496 g/mol. The third kappa shape index (κ3) is 4.64. The zero-order chi connectivity index (χ0) is 25.7. The lowest BCUT2D eigenvalue weighted by Crippen LogP contribution is -2.41. The summed E-state index contributed by atoms with van der Waals surface area (Å²) in [5, 5.41) is 7.94. The zero-order valence-corrected chi connectivity index (χ0v) is 19.0. The van der Waals surface area contributed by atoms with Crippen molar-refractivity contribution in [3.05, 3.63) is 50.0 Å². The molecule has 0 fully saturated rings. The van der Waals surface area contributed by atoms with E-state index in [1.54, 1.807) is 4.98 Å². The Labute approximate surface area is 184 Å². The van der Waals surface area contributed by atoms with Gasteiger partial charge >= 0.3 is 11.9 Å². The Bertz CT molecular complexity index is 1500. The van der Waals surface area contributed by atoms with Gasteiger partial charge in [0.2, 0.25) is 10.0 Å². The second-order valence-corrected chi connectivity index (χ2v) is 11.5. The molecule has 0 spiro atoms. The minimum absolute atomic E-state index is 0.00670. The van der Waals surface area contributed by atoms with Crippen molar-refractivity contribution in [2.75, 3.05) is 9.97 Å². The minimum atomic E-state index is -5.35. The summed E-state index contributed by atoms with van der Waals surface area (Å²) in [5.41, 5.74) is -9.44. The summed E-state index contributed by atoms with van der Waals surface area (Å²) in [6, 6.07) is 2.01. The van der Waals surface area contributed by atoms with Crippen molar-refractivity contribution in [3.8, 4) is 17.2 Å². The van der Waals surface area contributed by atoms with Crippen LogP contribution in [0.3, 0.4) is 0 Å². The van der Waals surface area contributed by atoms with Crippen molar-refractivity contribution in [2.24, 2.45) is 7.05 Å². The first kappa shape index (κ1) is 26.1. The van der Waals surface area contributed by atoms with Crippen molar-refractivity contribution in [1.29, 1.82) is 5.26 Å². The number of H-pyrrole nitrogens is 1. The molecule has 33 heavy (non-hydrogen) atoms.